The van der Waals surface area contributed by atoms with E-state index in [0.29, 0.717) is 5.56 Å². The molecule has 0 fully saturated rings. The minimum absolute atomic E-state index is 0.0815. The lowest BCUT2D eigenvalue weighted by Crippen LogP contribution is -2.14. The van der Waals surface area contributed by atoms with Crippen LogP contribution in [0.3, 0.4) is 0 Å². The van der Waals surface area contributed by atoms with Gasteiger partial charge in [0.05, 0.1) is 6.33 Å². The number of hydrogen-bond acceptors (Lipinski definition) is 2. The lowest BCUT2D eigenvalue weighted by atomic mass is 9.87. The Hall–Kier alpha value is -2.88. The van der Waals surface area contributed by atoms with E-state index < -0.39 is 0 Å². The Kier molecular flexibility index (Phi) is 4.21. The molecule has 0 unspecified atom stereocenters. The zero-order valence-electron chi connectivity index (χ0n) is 14.2. The van der Waals surface area contributed by atoms with E-state index in [4.69, 9.17) is 0 Å². The number of anilines is 1. The lowest BCUT2D eigenvalue weighted by molar-refractivity contribution is 0.102. The maximum Gasteiger partial charge on any atom is 0.255 e. The van der Waals surface area contributed by atoms with Crippen molar-refractivity contribution >= 4 is 11.6 Å². The second-order valence-electron chi connectivity index (χ2n) is 6.80. The number of nitrogens with one attached hydrogen (secondary N) is 1. The minimum atomic E-state index is -0.106. The summed E-state index contributed by atoms with van der Waals surface area (Å²) >= 11 is 0. The van der Waals surface area contributed by atoms with Gasteiger partial charge in [-0.05, 0) is 47.4 Å². The van der Waals surface area contributed by atoms with Crippen molar-refractivity contribution < 1.29 is 4.79 Å². The highest BCUT2D eigenvalue weighted by atomic mass is 16.1. The van der Waals surface area contributed by atoms with E-state index in [9.17, 15) is 4.79 Å². The van der Waals surface area contributed by atoms with E-state index in [1.807, 2.05) is 59.3 Å². The van der Waals surface area contributed by atoms with Crippen molar-refractivity contribution in [2.45, 2.75) is 26.2 Å². The molecule has 0 aliphatic carbocycles. The highest BCUT2D eigenvalue weighted by molar-refractivity contribution is 6.04. The molecule has 4 heteroatoms. The van der Waals surface area contributed by atoms with Gasteiger partial charge in [0, 0.05) is 29.3 Å². The molecular weight excluding hydrogens is 298 g/mol. The first-order chi connectivity index (χ1) is 11.4. The molecule has 4 nitrogen and oxygen atoms in total. The molecule has 0 spiro atoms. The summed E-state index contributed by atoms with van der Waals surface area (Å²) in [5, 5.41) is 2.93. The number of aromatic nitrogens is 2. The van der Waals surface area contributed by atoms with Crippen LogP contribution in [0.1, 0.15) is 36.7 Å². The molecule has 1 N–H and O–H groups in total. The van der Waals surface area contributed by atoms with E-state index >= 15 is 0 Å². The van der Waals surface area contributed by atoms with Gasteiger partial charge in [0.25, 0.3) is 5.91 Å². The average molecular weight is 319 g/mol. The topological polar surface area (TPSA) is 46.9 Å². The van der Waals surface area contributed by atoms with Gasteiger partial charge in [-0.3, -0.25) is 4.79 Å². The maximum atomic E-state index is 12.4. The summed E-state index contributed by atoms with van der Waals surface area (Å²) in [7, 11) is 0. The lowest BCUT2D eigenvalue weighted by Gasteiger charge is -2.19. The molecular formula is C20H21N3O. The number of carbonyl (C=O) groups excluding carboxylic acids is 1. The SMILES string of the molecule is CC(C)(C)c1ccc(C(=O)Nc2ccc(-n3ccnc3)cc2)cc1. The van der Waals surface area contributed by atoms with Crippen LogP contribution in [0.25, 0.3) is 5.69 Å². The van der Waals surface area contributed by atoms with Gasteiger partial charge in [0.15, 0.2) is 0 Å². The van der Waals surface area contributed by atoms with Gasteiger partial charge < -0.3 is 9.88 Å². The molecule has 0 saturated carbocycles. The Bertz CT molecular complexity index is 811. The largest absolute Gasteiger partial charge is 0.322 e. The van der Waals surface area contributed by atoms with Crippen molar-refractivity contribution in [2.75, 3.05) is 5.32 Å². The number of imidazole rings is 1. The molecule has 1 amide bonds. The quantitative estimate of drug-likeness (QED) is 0.776. The molecule has 0 aliphatic heterocycles. The van der Waals surface area contributed by atoms with Gasteiger partial charge >= 0.3 is 0 Å². The summed E-state index contributed by atoms with van der Waals surface area (Å²) in [6, 6.07) is 15.4. The Morgan fingerprint density at radius 3 is 2.21 bits per heavy atom. The van der Waals surface area contributed by atoms with Gasteiger partial charge in [-0.15, -0.1) is 0 Å². The van der Waals surface area contributed by atoms with Crippen LogP contribution in [-0.4, -0.2) is 15.5 Å². The molecule has 0 atom stereocenters. The summed E-state index contributed by atoms with van der Waals surface area (Å²) in [4.78, 5) is 16.4. The van der Waals surface area contributed by atoms with Crippen molar-refractivity contribution in [2.24, 2.45) is 0 Å². The molecule has 0 saturated heterocycles. The maximum absolute atomic E-state index is 12.4. The highest BCUT2D eigenvalue weighted by Crippen LogP contribution is 2.22. The zero-order valence-corrected chi connectivity index (χ0v) is 14.2. The summed E-state index contributed by atoms with van der Waals surface area (Å²) in [5.41, 5.74) is 3.72. The van der Waals surface area contributed by atoms with Crippen molar-refractivity contribution in [3.8, 4) is 5.69 Å². The molecule has 3 rings (SSSR count). The van der Waals surface area contributed by atoms with E-state index in [1.54, 1.807) is 12.5 Å². The number of benzene rings is 2. The van der Waals surface area contributed by atoms with Gasteiger partial charge in [-0.1, -0.05) is 32.9 Å². The summed E-state index contributed by atoms with van der Waals surface area (Å²) in [6.45, 7) is 6.47. The smallest absolute Gasteiger partial charge is 0.255 e. The third-order valence-electron chi connectivity index (χ3n) is 3.94. The average Bonchev–Trinajstić information content (AvgIpc) is 3.09. The first-order valence-electron chi connectivity index (χ1n) is 7.94. The molecule has 122 valence electrons. The Morgan fingerprint density at radius 1 is 1.00 bits per heavy atom. The third kappa shape index (κ3) is 3.54. The normalized spacial score (nSPS) is 11.3. The van der Waals surface area contributed by atoms with Crippen molar-refractivity contribution in [3.05, 3.63) is 78.4 Å². The number of nitrogens with zero attached hydrogens (tertiary/aromatic N) is 2. The predicted octanol–water partition coefficient (Wildman–Crippen LogP) is 4.42. The van der Waals surface area contributed by atoms with Crippen LogP contribution in [0.5, 0.6) is 0 Å². The predicted molar refractivity (Wildman–Crippen MR) is 96.7 cm³/mol. The van der Waals surface area contributed by atoms with Gasteiger partial charge in [-0.25, -0.2) is 4.98 Å². The molecule has 0 radical (unpaired) electrons. The Balaban J connectivity index is 1.70. The monoisotopic (exact) mass is 319 g/mol. The fraction of sp³-hybridized carbons (Fsp3) is 0.200. The number of amides is 1. The van der Waals surface area contributed by atoms with Crippen molar-refractivity contribution in [1.82, 2.24) is 9.55 Å². The van der Waals surface area contributed by atoms with Crippen LogP contribution in [0.4, 0.5) is 5.69 Å². The van der Waals surface area contributed by atoms with Crippen molar-refractivity contribution in [3.63, 3.8) is 0 Å². The van der Waals surface area contributed by atoms with Crippen LogP contribution in [0, 0.1) is 0 Å². The van der Waals surface area contributed by atoms with Crippen LogP contribution >= 0.6 is 0 Å². The molecule has 3 aromatic rings. The molecule has 24 heavy (non-hydrogen) atoms. The van der Waals surface area contributed by atoms with Crippen LogP contribution in [0.2, 0.25) is 0 Å². The first kappa shape index (κ1) is 16.0. The van der Waals surface area contributed by atoms with Crippen LogP contribution < -0.4 is 5.32 Å². The minimum Gasteiger partial charge on any atom is -0.322 e. The highest BCUT2D eigenvalue weighted by Gasteiger charge is 2.14. The zero-order chi connectivity index (χ0) is 17.2. The number of carbonyl (C=O) groups is 1. The summed E-state index contributed by atoms with van der Waals surface area (Å²) in [6.07, 6.45) is 5.35. The van der Waals surface area contributed by atoms with Gasteiger partial charge in [0.1, 0.15) is 0 Å². The summed E-state index contributed by atoms with van der Waals surface area (Å²) < 4.78 is 1.91. The molecule has 1 heterocycles. The fourth-order valence-corrected chi connectivity index (χ4v) is 2.45. The molecule has 1 aromatic heterocycles. The second-order valence-corrected chi connectivity index (χ2v) is 6.80. The summed E-state index contributed by atoms with van der Waals surface area (Å²) in [5.74, 6) is -0.106. The molecule has 0 bridgehead atoms. The number of hydrogen-bond donors (Lipinski definition) is 1. The second kappa shape index (κ2) is 6.32. The van der Waals surface area contributed by atoms with Gasteiger partial charge in [-0.2, -0.15) is 0 Å². The van der Waals surface area contributed by atoms with E-state index in [-0.39, 0.29) is 11.3 Å². The first-order valence-corrected chi connectivity index (χ1v) is 7.94. The number of rotatable bonds is 3. The standard InChI is InChI=1S/C20H21N3O/c1-20(2,3)16-6-4-15(5-7-16)19(24)22-17-8-10-18(11-9-17)23-13-12-21-14-23/h4-14H,1-3H3,(H,22,24). The van der Waals surface area contributed by atoms with Crippen LogP contribution in [0.15, 0.2) is 67.3 Å². The molecule has 2 aromatic carbocycles. The van der Waals surface area contributed by atoms with E-state index in [1.165, 1.54) is 5.56 Å². The van der Waals surface area contributed by atoms with Gasteiger partial charge in [0.2, 0.25) is 0 Å². The fourth-order valence-electron chi connectivity index (χ4n) is 2.45. The Morgan fingerprint density at radius 2 is 1.67 bits per heavy atom. The Labute approximate surface area is 142 Å². The van der Waals surface area contributed by atoms with Crippen LogP contribution in [-0.2, 0) is 5.41 Å². The van der Waals surface area contributed by atoms with E-state index in [2.05, 4.69) is 31.1 Å². The molecule has 0 aliphatic rings. The van der Waals surface area contributed by atoms with Crippen molar-refractivity contribution in [1.29, 1.82) is 0 Å². The van der Waals surface area contributed by atoms with E-state index in [0.717, 1.165) is 11.4 Å². The third-order valence-corrected chi connectivity index (χ3v) is 3.94.